The first kappa shape index (κ1) is 20.9. The molecule has 2 amide bonds. The minimum atomic E-state index is -0.498. The SMILES string of the molecule is Cc1cc(CN2CCSCC2)ccc1NC(=O)C1CC(=O)N(c2ccccc2F)C1. The van der Waals surface area contributed by atoms with Crippen molar-refractivity contribution in [1.82, 2.24) is 4.90 Å². The van der Waals surface area contributed by atoms with E-state index in [9.17, 15) is 14.0 Å². The molecule has 7 heteroatoms. The van der Waals surface area contributed by atoms with Crippen molar-refractivity contribution in [3.63, 3.8) is 0 Å². The number of hydrogen-bond donors (Lipinski definition) is 1. The van der Waals surface area contributed by atoms with Gasteiger partial charge in [0.15, 0.2) is 0 Å². The zero-order chi connectivity index (χ0) is 21.1. The topological polar surface area (TPSA) is 52.7 Å². The predicted molar refractivity (Wildman–Crippen MR) is 119 cm³/mol. The van der Waals surface area contributed by atoms with Crippen LogP contribution in [0.5, 0.6) is 0 Å². The third-order valence-electron chi connectivity index (χ3n) is 5.70. The van der Waals surface area contributed by atoms with Gasteiger partial charge in [0.25, 0.3) is 0 Å². The van der Waals surface area contributed by atoms with Gasteiger partial charge in [0.2, 0.25) is 11.8 Å². The predicted octanol–water partition coefficient (Wildman–Crippen LogP) is 3.67. The molecule has 1 N–H and O–H groups in total. The lowest BCUT2D eigenvalue weighted by molar-refractivity contribution is -0.122. The lowest BCUT2D eigenvalue weighted by Gasteiger charge is -2.26. The number of benzene rings is 2. The smallest absolute Gasteiger partial charge is 0.229 e. The quantitative estimate of drug-likeness (QED) is 0.791. The summed E-state index contributed by atoms with van der Waals surface area (Å²) in [7, 11) is 0. The number of nitrogens with one attached hydrogen (secondary N) is 1. The maximum Gasteiger partial charge on any atom is 0.229 e. The van der Waals surface area contributed by atoms with Crippen LogP contribution in [-0.2, 0) is 16.1 Å². The molecule has 2 fully saturated rings. The van der Waals surface area contributed by atoms with E-state index in [2.05, 4.69) is 22.3 Å². The third kappa shape index (κ3) is 4.68. The van der Waals surface area contributed by atoms with E-state index in [0.29, 0.717) is 0 Å². The summed E-state index contributed by atoms with van der Waals surface area (Å²) in [6.45, 7) is 5.31. The van der Waals surface area contributed by atoms with Crippen molar-refractivity contribution in [3.8, 4) is 0 Å². The summed E-state index contributed by atoms with van der Waals surface area (Å²) < 4.78 is 14.0. The van der Waals surface area contributed by atoms with Gasteiger partial charge in [-0.25, -0.2) is 4.39 Å². The van der Waals surface area contributed by atoms with Crippen LogP contribution in [0.1, 0.15) is 17.5 Å². The van der Waals surface area contributed by atoms with Gasteiger partial charge in [-0.1, -0.05) is 24.3 Å². The summed E-state index contributed by atoms with van der Waals surface area (Å²) >= 11 is 2.00. The van der Waals surface area contributed by atoms with Crippen LogP contribution in [0, 0.1) is 18.7 Å². The van der Waals surface area contributed by atoms with E-state index in [1.54, 1.807) is 18.2 Å². The molecular weight excluding hydrogens is 401 g/mol. The molecule has 2 heterocycles. The summed E-state index contributed by atoms with van der Waals surface area (Å²) in [6.07, 6.45) is 0.0876. The fourth-order valence-corrected chi connectivity index (χ4v) is 4.98. The number of hydrogen-bond acceptors (Lipinski definition) is 4. The summed E-state index contributed by atoms with van der Waals surface area (Å²) in [6, 6.07) is 12.3. The van der Waals surface area contributed by atoms with E-state index in [4.69, 9.17) is 0 Å². The van der Waals surface area contributed by atoms with Crippen molar-refractivity contribution in [2.24, 2.45) is 5.92 Å². The molecule has 1 unspecified atom stereocenters. The Balaban J connectivity index is 1.39. The second-order valence-corrected chi connectivity index (χ2v) is 9.11. The Morgan fingerprint density at radius 3 is 2.70 bits per heavy atom. The van der Waals surface area contributed by atoms with Crippen LogP contribution in [0.3, 0.4) is 0 Å². The zero-order valence-corrected chi connectivity index (χ0v) is 17.9. The second-order valence-electron chi connectivity index (χ2n) is 7.88. The van der Waals surface area contributed by atoms with Crippen LogP contribution in [0.4, 0.5) is 15.8 Å². The van der Waals surface area contributed by atoms with Crippen LogP contribution in [-0.4, -0.2) is 47.9 Å². The molecule has 0 saturated carbocycles. The van der Waals surface area contributed by atoms with Gasteiger partial charge in [-0.3, -0.25) is 14.5 Å². The fourth-order valence-electron chi connectivity index (χ4n) is 4.00. The summed E-state index contributed by atoms with van der Waals surface area (Å²) in [5.41, 5.74) is 3.23. The van der Waals surface area contributed by atoms with Gasteiger partial charge in [0.05, 0.1) is 11.6 Å². The molecular formula is C23H26FN3O2S. The Morgan fingerprint density at radius 2 is 1.97 bits per heavy atom. The lowest BCUT2D eigenvalue weighted by Crippen LogP contribution is -2.32. The number of nitrogens with zero attached hydrogens (tertiary/aromatic N) is 2. The fraction of sp³-hybridized carbons (Fsp3) is 0.391. The molecule has 0 aromatic heterocycles. The van der Waals surface area contributed by atoms with Crippen LogP contribution in [0.25, 0.3) is 0 Å². The largest absolute Gasteiger partial charge is 0.326 e. The van der Waals surface area contributed by atoms with Gasteiger partial charge in [0, 0.05) is 49.8 Å². The number of thioether (sulfide) groups is 1. The first-order chi connectivity index (χ1) is 14.5. The first-order valence-electron chi connectivity index (χ1n) is 10.3. The number of carbonyl (C=O) groups is 2. The Bertz CT molecular complexity index is 946. The van der Waals surface area contributed by atoms with Gasteiger partial charge < -0.3 is 10.2 Å². The number of rotatable bonds is 5. The van der Waals surface area contributed by atoms with E-state index in [-0.39, 0.29) is 30.5 Å². The van der Waals surface area contributed by atoms with E-state index < -0.39 is 11.7 Å². The minimum Gasteiger partial charge on any atom is -0.326 e. The zero-order valence-electron chi connectivity index (χ0n) is 17.1. The molecule has 0 bridgehead atoms. The van der Waals surface area contributed by atoms with Crippen LogP contribution < -0.4 is 10.2 Å². The number of carbonyl (C=O) groups excluding carboxylic acids is 2. The van der Waals surface area contributed by atoms with E-state index >= 15 is 0 Å². The number of amides is 2. The molecule has 2 aromatic rings. The lowest BCUT2D eigenvalue weighted by atomic mass is 10.1. The Morgan fingerprint density at radius 1 is 1.20 bits per heavy atom. The molecule has 0 radical (unpaired) electrons. The van der Waals surface area contributed by atoms with Crippen molar-refractivity contribution < 1.29 is 14.0 Å². The molecule has 0 spiro atoms. The van der Waals surface area contributed by atoms with Crippen molar-refractivity contribution in [1.29, 1.82) is 0 Å². The molecule has 2 aromatic carbocycles. The molecule has 4 rings (SSSR count). The molecule has 158 valence electrons. The molecule has 30 heavy (non-hydrogen) atoms. The van der Waals surface area contributed by atoms with Crippen LogP contribution >= 0.6 is 11.8 Å². The third-order valence-corrected chi connectivity index (χ3v) is 6.64. The van der Waals surface area contributed by atoms with Gasteiger partial charge in [-0.2, -0.15) is 11.8 Å². The Labute approximate surface area is 180 Å². The highest BCUT2D eigenvalue weighted by Crippen LogP contribution is 2.28. The van der Waals surface area contributed by atoms with Crippen molar-refractivity contribution in [2.75, 3.05) is 41.4 Å². The van der Waals surface area contributed by atoms with Gasteiger partial charge in [-0.05, 0) is 36.2 Å². The second kappa shape index (κ2) is 9.18. The number of halogens is 1. The van der Waals surface area contributed by atoms with E-state index in [1.807, 2.05) is 24.8 Å². The highest BCUT2D eigenvalue weighted by Gasteiger charge is 2.36. The summed E-state index contributed by atoms with van der Waals surface area (Å²) in [5.74, 6) is 0.972. The molecule has 2 aliphatic rings. The average molecular weight is 428 g/mol. The van der Waals surface area contributed by atoms with Crippen molar-refractivity contribution >= 4 is 35.0 Å². The van der Waals surface area contributed by atoms with Crippen LogP contribution in [0.15, 0.2) is 42.5 Å². The Kier molecular flexibility index (Phi) is 6.39. The van der Waals surface area contributed by atoms with Crippen molar-refractivity contribution in [3.05, 3.63) is 59.4 Å². The number of anilines is 2. The summed E-state index contributed by atoms with van der Waals surface area (Å²) in [4.78, 5) is 29.0. The monoisotopic (exact) mass is 427 g/mol. The summed E-state index contributed by atoms with van der Waals surface area (Å²) in [5, 5.41) is 2.96. The van der Waals surface area contributed by atoms with Crippen molar-refractivity contribution in [2.45, 2.75) is 19.9 Å². The molecule has 1 atom stereocenters. The normalized spacial score (nSPS) is 19.9. The van der Waals surface area contributed by atoms with Gasteiger partial charge in [-0.15, -0.1) is 0 Å². The molecule has 2 saturated heterocycles. The average Bonchev–Trinajstić information content (AvgIpc) is 3.13. The van der Waals surface area contributed by atoms with E-state index in [0.717, 1.165) is 30.9 Å². The highest BCUT2D eigenvalue weighted by molar-refractivity contribution is 7.99. The maximum absolute atomic E-state index is 14.0. The minimum absolute atomic E-state index is 0.0876. The molecule has 5 nitrogen and oxygen atoms in total. The number of aryl methyl sites for hydroxylation is 1. The number of para-hydroxylation sites is 1. The van der Waals surface area contributed by atoms with Crippen LogP contribution in [0.2, 0.25) is 0 Å². The van der Waals surface area contributed by atoms with Gasteiger partial charge >= 0.3 is 0 Å². The maximum atomic E-state index is 14.0. The van der Waals surface area contributed by atoms with E-state index in [1.165, 1.54) is 28.0 Å². The first-order valence-corrected chi connectivity index (χ1v) is 11.4. The van der Waals surface area contributed by atoms with Gasteiger partial charge in [0.1, 0.15) is 5.82 Å². The molecule has 0 aliphatic carbocycles. The Hall–Kier alpha value is -2.38. The molecule has 2 aliphatic heterocycles. The standard InChI is InChI=1S/C23H26FN3O2S/c1-16-12-17(14-26-8-10-30-11-9-26)6-7-20(16)25-23(29)18-13-22(28)27(15-18)21-5-3-2-4-19(21)24/h2-7,12,18H,8-11,13-15H2,1H3,(H,25,29). The highest BCUT2D eigenvalue weighted by atomic mass is 32.2.